The number of amides is 1. The maximum absolute atomic E-state index is 12.7. The quantitative estimate of drug-likeness (QED) is 0.231. The Morgan fingerprint density at radius 3 is 2.84 bits per heavy atom. The molecule has 3 heterocycles. The molecule has 0 saturated carbocycles. The Bertz CT molecular complexity index is 1120. The van der Waals surface area contributed by atoms with Crippen LogP contribution >= 0.6 is 0 Å². The van der Waals surface area contributed by atoms with Crippen molar-refractivity contribution in [1.82, 2.24) is 25.2 Å². The van der Waals surface area contributed by atoms with Crippen molar-refractivity contribution in [1.29, 1.82) is 0 Å². The lowest BCUT2D eigenvalue weighted by Crippen LogP contribution is -2.21. The van der Waals surface area contributed by atoms with Gasteiger partial charge in [-0.25, -0.2) is 5.43 Å². The van der Waals surface area contributed by atoms with Crippen LogP contribution in [0.25, 0.3) is 21.8 Å². The number of aromatic nitrogens is 2. The Balaban J connectivity index is 1.58. The largest absolute Gasteiger partial charge is 0.493 e. The summed E-state index contributed by atoms with van der Waals surface area (Å²) in [6, 6.07) is 5.67. The van der Waals surface area contributed by atoms with Crippen molar-refractivity contribution in [3.05, 3.63) is 30.1 Å². The lowest BCUT2D eigenvalue weighted by molar-refractivity contribution is 0.0951. The predicted octanol–water partition coefficient (Wildman–Crippen LogP) is 2.82. The van der Waals surface area contributed by atoms with Gasteiger partial charge in [0.2, 0.25) is 0 Å². The normalized spacial score (nSPS) is 14.5. The molecule has 2 aromatic heterocycles. The van der Waals surface area contributed by atoms with E-state index in [1.54, 1.807) is 18.2 Å². The third kappa shape index (κ3) is 4.77. The fourth-order valence-electron chi connectivity index (χ4n) is 4.03. The number of pyridine rings is 1. The molecule has 1 fully saturated rings. The number of H-pyrrole nitrogens is 1. The molecule has 0 bridgehead atoms. The van der Waals surface area contributed by atoms with Crippen LogP contribution in [0.3, 0.4) is 0 Å². The summed E-state index contributed by atoms with van der Waals surface area (Å²) < 4.78 is 11.6. The lowest BCUT2D eigenvalue weighted by Gasteiger charge is -2.15. The summed E-state index contributed by atoms with van der Waals surface area (Å²) in [5, 5.41) is 5.50. The second-order valence-electron chi connectivity index (χ2n) is 8.16. The predicted molar refractivity (Wildman–Crippen MR) is 126 cm³/mol. The summed E-state index contributed by atoms with van der Waals surface area (Å²) in [6.07, 6.45) is 6.68. The molecule has 1 amide bonds. The van der Waals surface area contributed by atoms with Crippen molar-refractivity contribution in [3.8, 4) is 11.5 Å². The van der Waals surface area contributed by atoms with Gasteiger partial charge < -0.3 is 24.3 Å². The second kappa shape index (κ2) is 9.86. The minimum Gasteiger partial charge on any atom is -0.493 e. The van der Waals surface area contributed by atoms with Gasteiger partial charge in [0, 0.05) is 43.7 Å². The van der Waals surface area contributed by atoms with Crippen LogP contribution in [0, 0.1) is 0 Å². The standard InChI is InChI=1S/C23H30N6O3/c1-28(2)15-25-27-23(30)22-21-16-13-19(31-3)20(14-18(16)26-17(21)7-8-24-22)32-12-6-11-29-9-4-5-10-29/h7-8,13-15,26H,4-6,9-12H2,1-3H3,(H,27,30). The van der Waals surface area contributed by atoms with Crippen molar-refractivity contribution < 1.29 is 14.3 Å². The Kier molecular flexibility index (Phi) is 6.75. The number of fused-ring (bicyclic) bond motifs is 3. The Labute approximate surface area is 187 Å². The monoisotopic (exact) mass is 438 g/mol. The minimum atomic E-state index is -0.379. The molecule has 170 valence electrons. The van der Waals surface area contributed by atoms with E-state index < -0.39 is 0 Å². The lowest BCUT2D eigenvalue weighted by atomic mass is 10.1. The first kappa shape index (κ1) is 21.9. The van der Waals surface area contributed by atoms with Crippen molar-refractivity contribution >= 4 is 34.1 Å². The number of likely N-dealkylation sites (tertiary alicyclic amines) is 1. The molecule has 0 unspecified atom stereocenters. The van der Waals surface area contributed by atoms with E-state index >= 15 is 0 Å². The van der Waals surface area contributed by atoms with Gasteiger partial charge in [-0.2, -0.15) is 5.10 Å². The molecule has 0 atom stereocenters. The van der Waals surface area contributed by atoms with Crippen LogP contribution in [0.5, 0.6) is 11.5 Å². The molecule has 32 heavy (non-hydrogen) atoms. The first-order valence-electron chi connectivity index (χ1n) is 10.9. The second-order valence-corrected chi connectivity index (χ2v) is 8.16. The van der Waals surface area contributed by atoms with Crippen LogP contribution in [-0.4, -0.2) is 79.5 Å². The fourth-order valence-corrected chi connectivity index (χ4v) is 4.03. The number of rotatable bonds is 9. The van der Waals surface area contributed by atoms with Crippen LogP contribution < -0.4 is 14.9 Å². The van der Waals surface area contributed by atoms with Gasteiger partial charge >= 0.3 is 0 Å². The third-order valence-electron chi connectivity index (χ3n) is 5.54. The number of methoxy groups -OCH3 is 1. The molecule has 0 radical (unpaired) electrons. The zero-order chi connectivity index (χ0) is 22.5. The number of hydrazone groups is 1. The molecular weight excluding hydrogens is 408 g/mol. The molecule has 2 N–H and O–H groups in total. The van der Waals surface area contributed by atoms with E-state index in [9.17, 15) is 4.79 Å². The third-order valence-corrected chi connectivity index (χ3v) is 5.54. The highest BCUT2D eigenvalue weighted by Crippen LogP contribution is 2.36. The van der Waals surface area contributed by atoms with Gasteiger partial charge in [0.05, 0.1) is 24.8 Å². The average molecular weight is 439 g/mol. The number of ether oxygens (including phenoxy) is 2. The van der Waals surface area contributed by atoms with Crippen LogP contribution in [-0.2, 0) is 0 Å². The minimum absolute atomic E-state index is 0.297. The molecule has 9 heteroatoms. The summed E-state index contributed by atoms with van der Waals surface area (Å²) in [5.41, 5.74) is 4.49. The van der Waals surface area contributed by atoms with E-state index in [4.69, 9.17) is 9.47 Å². The molecule has 3 aromatic rings. The summed E-state index contributed by atoms with van der Waals surface area (Å²) >= 11 is 0. The zero-order valence-corrected chi connectivity index (χ0v) is 18.9. The molecular formula is C23H30N6O3. The van der Waals surface area contributed by atoms with Crippen molar-refractivity contribution in [2.45, 2.75) is 19.3 Å². The fraction of sp³-hybridized carbons (Fsp3) is 0.435. The van der Waals surface area contributed by atoms with Crippen LogP contribution in [0.4, 0.5) is 0 Å². The Morgan fingerprint density at radius 2 is 2.09 bits per heavy atom. The Morgan fingerprint density at radius 1 is 1.28 bits per heavy atom. The number of carbonyl (C=O) groups excluding carboxylic acids is 1. The van der Waals surface area contributed by atoms with Crippen molar-refractivity contribution in [3.63, 3.8) is 0 Å². The number of nitrogens with one attached hydrogen (secondary N) is 2. The molecule has 1 aromatic carbocycles. The first-order valence-corrected chi connectivity index (χ1v) is 10.9. The van der Waals surface area contributed by atoms with E-state index in [-0.39, 0.29) is 5.91 Å². The van der Waals surface area contributed by atoms with Gasteiger partial charge in [0.15, 0.2) is 11.5 Å². The molecule has 1 aliphatic heterocycles. The molecule has 1 saturated heterocycles. The molecule has 9 nitrogen and oxygen atoms in total. The SMILES string of the molecule is COc1cc2c(cc1OCCCN1CCCC1)[nH]c1ccnc(C(=O)NN=CN(C)C)c12. The molecule has 0 spiro atoms. The number of aromatic amines is 1. The van der Waals surface area contributed by atoms with Gasteiger partial charge in [-0.05, 0) is 44.5 Å². The van der Waals surface area contributed by atoms with Crippen LogP contribution in [0.2, 0.25) is 0 Å². The van der Waals surface area contributed by atoms with Gasteiger partial charge in [0.1, 0.15) is 12.0 Å². The summed E-state index contributed by atoms with van der Waals surface area (Å²) in [5.74, 6) is 0.929. The number of nitrogens with zero attached hydrogens (tertiary/aromatic N) is 4. The maximum atomic E-state index is 12.7. The van der Waals surface area contributed by atoms with E-state index in [1.165, 1.54) is 32.3 Å². The van der Waals surface area contributed by atoms with Gasteiger partial charge in [0.25, 0.3) is 5.91 Å². The van der Waals surface area contributed by atoms with E-state index in [1.807, 2.05) is 32.3 Å². The maximum Gasteiger partial charge on any atom is 0.290 e. The average Bonchev–Trinajstić information content (AvgIpc) is 3.42. The number of hydrogen-bond donors (Lipinski definition) is 2. The Hall–Kier alpha value is -3.33. The van der Waals surface area contributed by atoms with Gasteiger partial charge in [-0.3, -0.25) is 9.78 Å². The highest BCUT2D eigenvalue weighted by molar-refractivity contribution is 6.17. The highest BCUT2D eigenvalue weighted by Gasteiger charge is 2.18. The topological polar surface area (TPSA) is 95.1 Å². The van der Waals surface area contributed by atoms with E-state index in [0.717, 1.165) is 34.8 Å². The summed E-state index contributed by atoms with van der Waals surface area (Å²) in [7, 11) is 5.27. The van der Waals surface area contributed by atoms with Crippen LogP contribution in [0.1, 0.15) is 29.8 Å². The van der Waals surface area contributed by atoms with Gasteiger partial charge in [-0.1, -0.05) is 0 Å². The molecule has 1 aliphatic rings. The number of carbonyl (C=O) groups is 1. The highest BCUT2D eigenvalue weighted by atomic mass is 16.5. The first-order chi connectivity index (χ1) is 15.6. The number of hydrogen-bond acceptors (Lipinski definition) is 6. The summed E-state index contributed by atoms with van der Waals surface area (Å²) in [4.78, 5) is 24.6. The molecule has 4 rings (SSSR count). The van der Waals surface area contributed by atoms with Gasteiger partial charge in [-0.15, -0.1) is 0 Å². The van der Waals surface area contributed by atoms with E-state index in [0.29, 0.717) is 23.8 Å². The zero-order valence-electron chi connectivity index (χ0n) is 18.9. The van der Waals surface area contributed by atoms with E-state index in [2.05, 4.69) is 25.4 Å². The summed E-state index contributed by atoms with van der Waals surface area (Å²) in [6.45, 7) is 4.05. The van der Waals surface area contributed by atoms with Crippen molar-refractivity contribution in [2.75, 3.05) is 47.4 Å². The molecule has 0 aliphatic carbocycles. The smallest absolute Gasteiger partial charge is 0.290 e. The van der Waals surface area contributed by atoms with Crippen LogP contribution in [0.15, 0.2) is 29.5 Å². The number of benzene rings is 1. The van der Waals surface area contributed by atoms with Crippen molar-refractivity contribution in [2.24, 2.45) is 5.10 Å².